The predicted molar refractivity (Wildman–Crippen MR) is 70.7 cm³/mol. The zero-order valence-electron chi connectivity index (χ0n) is 9.68. The van der Waals surface area contributed by atoms with Crippen molar-refractivity contribution in [2.75, 3.05) is 37.3 Å². The number of rotatable bonds is 2. The molecule has 9 heteroatoms. The maximum absolute atomic E-state index is 11.4. The third-order valence-electron chi connectivity index (χ3n) is 2.75. The zero-order chi connectivity index (χ0) is 13.3. The van der Waals surface area contributed by atoms with Crippen LogP contribution in [0.15, 0.2) is 6.07 Å². The van der Waals surface area contributed by atoms with Crippen molar-refractivity contribution in [1.82, 2.24) is 14.5 Å². The van der Waals surface area contributed by atoms with Crippen LogP contribution >= 0.6 is 23.2 Å². The summed E-state index contributed by atoms with van der Waals surface area (Å²) in [7, 11) is -3.13. The summed E-state index contributed by atoms with van der Waals surface area (Å²) in [6, 6.07) is 1.63. The molecule has 100 valence electrons. The molecule has 1 aliphatic heterocycles. The molecule has 0 bridgehead atoms. The quantitative estimate of drug-likeness (QED) is 0.810. The van der Waals surface area contributed by atoms with Gasteiger partial charge < -0.3 is 4.90 Å². The van der Waals surface area contributed by atoms with E-state index in [9.17, 15) is 8.42 Å². The Morgan fingerprint density at radius 3 is 2.33 bits per heavy atom. The summed E-state index contributed by atoms with van der Waals surface area (Å²) in [6.45, 7) is 1.95. The van der Waals surface area contributed by atoms with Gasteiger partial charge in [0.25, 0.3) is 0 Å². The lowest BCUT2D eigenvalue weighted by Crippen LogP contribution is -2.48. The van der Waals surface area contributed by atoms with Crippen molar-refractivity contribution in [3.63, 3.8) is 0 Å². The van der Waals surface area contributed by atoms with E-state index in [4.69, 9.17) is 23.2 Å². The van der Waals surface area contributed by atoms with Crippen LogP contribution in [0, 0.1) is 0 Å². The van der Waals surface area contributed by atoms with E-state index in [1.807, 2.05) is 4.90 Å². The van der Waals surface area contributed by atoms with Gasteiger partial charge in [-0.05, 0) is 0 Å². The molecular formula is C9H12Cl2N4O2S. The molecule has 1 aromatic heterocycles. The highest BCUT2D eigenvalue weighted by Crippen LogP contribution is 2.26. The Morgan fingerprint density at radius 2 is 1.78 bits per heavy atom. The third-order valence-corrected chi connectivity index (χ3v) is 4.51. The Balaban J connectivity index is 2.12. The fourth-order valence-electron chi connectivity index (χ4n) is 1.83. The van der Waals surface area contributed by atoms with Gasteiger partial charge in [0.1, 0.15) is 0 Å². The van der Waals surface area contributed by atoms with Crippen LogP contribution in [0.3, 0.4) is 0 Å². The minimum atomic E-state index is -3.13. The van der Waals surface area contributed by atoms with Gasteiger partial charge >= 0.3 is 0 Å². The van der Waals surface area contributed by atoms with Crippen LogP contribution in [0.4, 0.5) is 5.69 Å². The van der Waals surface area contributed by atoms with E-state index in [1.165, 1.54) is 10.6 Å². The lowest BCUT2D eigenvalue weighted by atomic mass is 10.3. The van der Waals surface area contributed by atoms with Crippen molar-refractivity contribution in [2.24, 2.45) is 0 Å². The van der Waals surface area contributed by atoms with E-state index in [0.29, 0.717) is 31.9 Å². The molecule has 0 saturated carbocycles. The second kappa shape index (κ2) is 5.16. The van der Waals surface area contributed by atoms with Gasteiger partial charge in [0.2, 0.25) is 10.0 Å². The van der Waals surface area contributed by atoms with Gasteiger partial charge in [0, 0.05) is 32.2 Å². The molecule has 0 aliphatic carbocycles. The Labute approximate surface area is 116 Å². The van der Waals surface area contributed by atoms with Gasteiger partial charge in [-0.25, -0.2) is 8.42 Å². The van der Waals surface area contributed by atoms with Crippen LogP contribution in [0.2, 0.25) is 10.3 Å². The molecule has 0 unspecified atom stereocenters. The van der Waals surface area contributed by atoms with E-state index in [2.05, 4.69) is 10.2 Å². The van der Waals surface area contributed by atoms with E-state index in [1.54, 1.807) is 6.07 Å². The average Bonchev–Trinajstić information content (AvgIpc) is 2.31. The molecule has 1 aliphatic rings. The molecule has 0 radical (unpaired) electrons. The first-order valence-electron chi connectivity index (χ1n) is 5.27. The van der Waals surface area contributed by atoms with Crippen molar-refractivity contribution in [2.45, 2.75) is 0 Å². The number of anilines is 1. The second-order valence-corrected chi connectivity index (χ2v) is 6.72. The molecule has 0 aromatic carbocycles. The van der Waals surface area contributed by atoms with Crippen molar-refractivity contribution in [1.29, 1.82) is 0 Å². The molecule has 0 atom stereocenters. The molecule has 6 nitrogen and oxygen atoms in total. The number of hydrogen-bond donors (Lipinski definition) is 0. The summed E-state index contributed by atoms with van der Waals surface area (Å²) in [5.41, 5.74) is 0.685. The fraction of sp³-hybridized carbons (Fsp3) is 0.556. The molecule has 18 heavy (non-hydrogen) atoms. The van der Waals surface area contributed by atoms with Crippen LogP contribution in [0.1, 0.15) is 0 Å². The number of piperazine rings is 1. The first-order chi connectivity index (χ1) is 8.38. The number of halogens is 2. The molecule has 1 fully saturated rings. The number of sulfonamides is 1. The Kier molecular flexibility index (Phi) is 3.96. The Morgan fingerprint density at radius 1 is 1.17 bits per heavy atom. The van der Waals surface area contributed by atoms with Crippen molar-refractivity contribution >= 4 is 38.9 Å². The van der Waals surface area contributed by atoms with E-state index in [0.717, 1.165) is 0 Å². The number of aromatic nitrogens is 2. The topological polar surface area (TPSA) is 66.4 Å². The van der Waals surface area contributed by atoms with Gasteiger partial charge in [0.05, 0.1) is 11.9 Å². The highest BCUT2D eigenvalue weighted by Gasteiger charge is 2.24. The van der Waals surface area contributed by atoms with Gasteiger partial charge in [-0.3, -0.25) is 0 Å². The third kappa shape index (κ3) is 3.03. The molecule has 1 saturated heterocycles. The first kappa shape index (κ1) is 13.8. The van der Waals surface area contributed by atoms with Crippen molar-refractivity contribution in [3.8, 4) is 0 Å². The molecule has 2 rings (SSSR count). The van der Waals surface area contributed by atoms with Crippen LogP contribution < -0.4 is 4.90 Å². The first-order valence-corrected chi connectivity index (χ1v) is 7.87. The Hall–Kier alpha value is -0.630. The smallest absolute Gasteiger partial charge is 0.211 e. The largest absolute Gasteiger partial charge is 0.366 e. The summed E-state index contributed by atoms with van der Waals surface area (Å²) in [4.78, 5) is 1.95. The molecule has 1 aromatic rings. The van der Waals surface area contributed by atoms with E-state index in [-0.39, 0.29) is 10.3 Å². The van der Waals surface area contributed by atoms with Gasteiger partial charge in [0.15, 0.2) is 10.3 Å². The average molecular weight is 311 g/mol. The minimum absolute atomic E-state index is 0.264. The predicted octanol–water partition coefficient (Wildman–Crippen LogP) is 0.865. The van der Waals surface area contributed by atoms with E-state index < -0.39 is 10.0 Å². The van der Waals surface area contributed by atoms with Gasteiger partial charge in [-0.2, -0.15) is 4.31 Å². The molecule has 0 amide bonds. The standard InChI is InChI=1S/C9H12Cl2N4O2S/c1-18(16,17)15-4-2-14(3-5-15)7-6-8(10)12-13-9(7)11/h6H,2-5H2,1H3. The maximum atomic E-state index is 11.4. The Bertz CT molecular complexity index is 543. The molecule has 0 N–H and O–H groups in total. The van der Waals surface area contributed by atoms with Crippen LogP contribution in [0.5, 0.6) is 0 Å². The van der Waals surface area contributed by atoms with Crippen molar-refractivity contribution < 1.29 is 8.42 Å². The van der Waals surface area contributed by atoms with Gasteiger partial charge in [-0.1, -0.05) is 23.2 Å². The summed E-state index contributed by atoms with van der Waals surface area (Å²) in [5.74, 6) is 0. The highest BCUT2D eigenvalue weighted by atomic mass is 35.5. The zero-order valence-corrected chi connectivity index (χ0v) is 12.0. The van der Waals surface area contributed by atoms with Crippen LogP contribution in [-0.2, 0) is 10.0 Å². The van der Waals surface area contributed by atoms with Crippen LogP contribution in [-0.4, -0.2) is 55.4 Å². The maximum Gasteiger partial charge on any atom is 0.211 e. The highest BCUT2D eigenvalue weighted by molar-refractivity contribution is 7.88. The lowest BCUT2D eigenvalue weighted by Gasteiger charge is -2.34. The van der Waals surface area contributed by atoms with Gasteiger partial charge in [-0.15, -0.1) is 10.2 Å². The number of hydrogen-bond acceptors (Lipinski definition) is 5. The van der Waals surface area contributed by atoms with Crippen molar-refractivity contribution in [3.05, 3.63) is 16.4 Å². The summed E-state index contributed by atoms with van der Waals surface area (Å²) < 4.78 is 24.2. The molecule has 0 spiro atoms. The minimum Gasteiger partial charge on any atom is -0.366 e. The SMILES string of the molecule is CS(=O)(=O)N1CCN(c2cc(Cl)nnc2Cl)CC1. The lowest BCUT2D eigenvalue weighted by molar-refractivity contribution is 0.388. The van der Waals surface area contributed by atoms with E-state index >= 15 is 0 Å². The summed E-state index contributed by atoms with van der Waals surface area (Å²) >= 11 is 11.7. The summed E-state index contributed by atoms with van der Waals surface area (Å²) in [6.07, 6.45) is 1.21. The van der Waals surface area contributed by atoms with Crippen LogP contribution in [0.25, 0.3) is 0 Å². The number of nitrogens with zero attached hydrogens (tertiary/aromatic N) is 4. The molecular weight excluding hydrogens is 299 g/mol. The normalized spacial score (nSPS) is 18.1. The monoisotopic (exact) mass is 310 g/mol. The second-order valence-electron chi connectivity index (χ2n) is 3.99. The molecule has 2 heterocycles. The summed E-state index contributed by atoms with van der Waals surface area (Å²) in [5, 5.41) is 7.90. The fourth-order valence-corrected chi connectivity index (χ4v) is 3.01.